The lowest BCUT2D eigenvalue weighted by Crippen LogP contribution is -2.32. The van der Waals surface area contributed by atoms with Crippen molar-refractivity contribution in [2.45, 2.75) is 187 Å². The minimum absolute atomic E-state index is 0.526. The van der Waals surface area contributed by atoms with E-state index in [0.29, 0.717) is 5.16 Å². The van der Waals surface area contributed by atoms with Crippen LogP contribution < -0.4 is 0 Å². The van der Waals surface area contributed by atoms with Crippen molar-refractivity contribution in [1.29, 1.82) is 0 Å². The van der Waals surface area contributed by atoms with Crippen LogP contribution in [0.4, 0.5) is 0 Å². The third-order valence-electron chi connectivity index (χ3n) is 7.62. The summed E-state index contributed by atoms with van der Waals surface area (Å²) in [6, 6.07) is 0. The van der Waals surface area contributed by atoms with Crippen LogP contribution in [-0.4, -0.2) is 5.16 Å². The third-order valence-corrected chi connectivity index (χ3v) is 8.67. The van der Waals surface area contributed by atoms with Gasteiger partial charge in [-0.05, 0) is 36.8 Å². The molecule has 0 radical (unpaired) electrons. The third kappa shape index (κ3) is 18.5. The van der Waals surface area contributed by atoms with Gasteiger partial charge in [0.15, 0.2) is 0 Å². The van der Waals surface area contributed by atoms with Crippen molar-refractivity contribution in [2.24, 2.45) is 5.92 Å². The van der Waals surface area contributed by atoms with Gasteiger partial charge in [-0.1, -0.05) is 156 Å². The second-order valence-electron chi connectivity index (χ2n) is 10.7. The Kier molecular flexibility index (Phi) is 23.9. The molecule has 0 aromatic heterocycles. The minimum Gasteiger partial charge on any atom is -0.131 e. The first kappa shape index (κ1) is 31.4. The predicted molar refractivity (Wildman–Crippen MR) is 149 cm³/mol. The van der Waals surface area contributed by atoms with E-state index in [2.05, 4.69) is 36.9 Å². The summed E-state index contributed by atoms with van der Waals surface area (Å²) in [6.45, 7) is 9.40. The van der Waals surface area contributed by atoms with Crippen LogP contribution in [0.2, 0.25) is 0 Å². The molecule has 2 atom stereocenters. The lowest BCUT2D eigenvalue weighted by molar-refractivity contribution is 0.274. The lowest BCUT2D eigenvalue weighted by atomic mass is 9.77. The van der Waals surface area contributed by atoms with Gasteiger partial charge in [0.1, 0.15) is 0 Å². The molecule has 0 amide bonds. The lowest BCUT2D eigenvalue weighted by Gasteiger charge is -2.39. The highest BCUT2D eigenvalue weighted by molar-refractivity contribution is 7.19. The van der Waals surface area contributed by atoms with Crippen molar-refractivity contribution in [3.05, 3.63) is 0 Å². The Morgan fingerprint density at radius 3 is 1.13 bits per heavy atom. The molecule has 0 saturated heterocycles. The summed E-state index contributed by atoms with van der Waals surface area (Å²) in [7, 11) is 3.40. The Balaban J connectivity index is 3.96. The van der Waals surface area contributed by atoms with E-state index >= 15 is 0 Å². The summed E-state index contributed by atoms with van der Waals surface area (Å²) in [4.78, 5) is 0. The van der Waals surface area contributed by atoms with Crippen molar-refractivity contribution in [2.75, 3.05) is 0 Å². The SMILES string of the molecule is CCCCCCCCCCCCCCCCC(CCCC)C(P)(CCCC)CCCC. The van der Waals surface area contributed by atoms with Gasteiger partial charge in [-0.2, -0.15) is 0 Å². The molecule has 0 nitrogen and oxygen atoms in total. The molecular formula is C30H63P. The van der Waals surface area contributed by atoms with Gasteiger partial charge in [0.2, 0.25) is 0 Å². The Bertz CT molecular complexity index is 329. The molecule has 0 rings (SSSR count). The Morgan fingerprint density at radius 2 is 0.742 bits per heavy atom. The monoisotopic (exact) mass is 454 g/mol. The number of rotatable bonds is 25. The fourth-order valence-electron chi connectivity index (χ4n) is 5.30. The molecule has 188 valence electrons. The summed E-state index contributed by atoms with van der Waals surface area (Å²) in [5, 5.41) is 0.526. The molecule has 0 aliphatic carbocycles. The van der Waals surface area contributed by atoms with E-state index in [-0.39, 0.29) is 0 Å². The zero-order valence-electron chi connectivity index (χ0n) is 22.6. The first-order chi connectivity index (χ1) is 15.1. The van der Waals surface area contributed by atoms with Crippen molar-refractivity contribution in [3.8, 4) is 0 Å². The second-order valence-corrected chi connectivity index (χ2v) is 11.8. The fourth-order valence-corrected chi connectivity index (χ4v) is 6.04. The topological polar surface area (TPSA) is 0 Å². The Labute approximate surface area is 202 Å². The van der Waals surface area contributed by atoms with Crippen molar-refractivity contribution in [3.63, 3.8) is 0 Å². The van der Waals surface area contributed by atoms with Gasteiger partial charge in [0.25, 0.3) is 0 Å². The van der Waals surface area contributed by atoms with E-state index in [4.69, 9.17) is 0 Å². The van der Waals surface area contributed by atoms with E-state index in [9.17, 15) is 0 Å². The number of unbranched alkanes of at least 4 members (excludes halogenated alkanes) is 16. The Hall–Kier alpha value is 0.430. The van der Waals surface area contributed by atoms with Crippen LogP contribution in [-0.2, 0) is 0 Å². The molecule has 0 aromatic carbocycles. The molecular weight excluding hydrogens is 391 g/mol. The predicted octanol–water partition coefficient (Wildman–Crippen LogP) is 11.7. The summed E-state index contributed by atoms with van der Waals surface area (Å²) in [5.74, 6) is 0.938. The van der Waals surface area contributed by atoms with Crippen LogP contribution in [0.15, 0.2) is 0 Å². The molecule has 31 heavy (non-hydrogen) atoms. The highest BCUT2D eigenvalue weighted by Crippen LogP contribution is 2.43. The van der Waals surface area contributed by atoms with Gasteiger partial charge in [-0.3, -0.25) is 0 Å². The summed E-state index contributed by atoms with van der Waals surface area (Å²) >= 11 is 0. The van der Waals surface area contributed by atoms with Crippen molar-refractivity contribution < 1.29 is 0 Å². The summed E-state index contributed by atoms with van der Waals surface area (Å²) in [5.41, 5.74) is 0. The first-order valence-electron chi connectivity index (χ1n) is 14.9. The van der Waals surface area contributed by atoms with Gasteiger partial charge in [0.05, 0.1) is 0 Å². The highest BCUT2D eigenvalue weighted by Gasteiger charge is 2.32. The second kappa shape index (κ2) is 23.6. The molecule has 0 aliphatic heterocycles. The van der Waals surface area contributed by atoms with E-state index in [1.54, 1.807) is 0 Å². The van der Waals surface area contributed by atoms with Gasteiger partial charge in [-0.25, -0.2) is 0 Å². The minimum atomic E-state index is 0.526. The van der Waals surface area contributed by atoms with E-state index in [0.717, 1.165) is 5.92 Å². The zero-order valence-corrected chi connectivity index (χ0v) is 23.8. The van der Waals surface area contributed by atoms with Gasteiger partial charge in [-0.15, -0.1) is 9.24 Å². The standard InChI is InChI=1S/C30H63P/c1-5-9-13-14-15-16-17-18-19-20-21-22-23-24-26-29(25-10-6-2)30(31,27-11-7-3)28-12-8-4/h29H,5-28,31H2,1-4H3. The van der Waals surface area contributed by atoms with E-state index in [1.165, 1.54) is 154 Å². The molecule has 0 saturated carbocycles. The normalized spacial score (nSPS) is 13.1. The van der Waals surface area contributed by atoms with Crippen LogP contribution in [0.5, 0.6) is 0 Å². The van der Waals surface area contributed by atoms with Crippen LogP contribution in [0.3, 0.4) is 0 Å². The van der Waals surface area contributed by atoms with Crippen molar-refractivity contribution in [1.82, 2.24) is 0 Å². The summed E-state index contributed by atoms with van der Waals surface area (Å²) < 4.78 is 0. The number of hydrogen-bond acceptors (Lipinski definition) is 0. The first-order valence-corrected chi connectivity index (χ1v) is 15.5. The molecule has 0 bridgehead atoms. The molecule has 0 heterocycles. The van der Waals surface area contributed by atoms with Crippen molar-refractivity contribution >= 4 is 9.24 Å². The van der Waals surface area contributed by atoms with Crippen LogP contribution >= 0.6 is 9.24 Å². The Morgan fingerprint density at radius 1 is 0.419 bits per heavy atom. The average Bonchev–Trinajstić information content (AvgIpc) is 2.78. The summed E-state index contributed by atoms with van der Waals surface area (Å²) in [6.07, 6.45) is 34.7. The number of hydrogen-bond donors (Lipinski definition) is 0. The molecule has 0 aromatic rings. The average molecular weight is 455 g/mol. The highest BCUT2D eigenvalue weighted by atomic mass is 31.0. The molecule has 0 spiro atoms. The van der Waals surface area contributed by atoms with Crippen LogP contribution in [0.25, 0.3) is 0 Å². The molecule has 0 aliphatic rings. The zero-order chi connectivity index (χ0) is 23.0. The van der Waals surface area contributed by atoms with E-state index < -0.39 is 0 Å². The maximum Gasteiger partial charge on any atom is -0.0122 e. The molecule has 0 fully saturated rings. The largest absolute Gasteiger partial charge is 0.131 e. The van der Waals surface area contributed by atoms with E-state index in [1.807, 2.05) is 0 Å². The molecule has 0 N–H and O–H groups in total. The van der Waals surface area contributed by atoms with Crippen LogP contribution in [0, 0.1) is 5.92 Å². The van der Waals surface area contributed by atoms with Gasteiger partial charge in [0, 0.05) is 0 Å². The van der Waals surface area contributed by atoms with Gasteiger partial charge < -0.3 is 0 Å². The maximum atomic E-state index is 3.40. The fraction of sp³-hybridized carbons (Fsp3) is 1.00. The quantitative estimate of drug-likeness (QED) is 0.0950. The molecule has 1 heteroatoms. The smallest absolute Gasteiger partial charge is 0.0122 e. The maximum absolute atomic E-state index is 3.40. The van der Waals surface area contributed by atoms with Gasteiger partial charge >= 0.3 is 0 Å². The van der Waals surface area contributed by atoms with Crippen LogP contribution in [0.1, 0.15) is 182 Å². The molecule has 2 unspecified atom stereocenters.